The molecule has 0 aromatic heterocycles. The highest BCUT2D eigenvalue weighted by atomic mass is 35.5. The van der Waals surface area contributed by atoms with E-state index in [9.17, 15) is 8.42 Å². The van der Waals surface area contributed by atoms with Crippen LogP contribution in [0.5, 0.6) is 11.5 Å². The molecule has 7 heteroatoms. The molecule has 0 aliphatic heterocycles. The van der Waals surface area contributed by atoms with Crippen molar-refractivity contribution in [2.45, 2.75) is 5.75 Å². The van der Waals surface area contributed by atoms with Crippen molar-refractivity contribution < 1.29 is 17.9 Å². The van der Waals surface area contributed by atoms with Crippen molar-refractivity contribution in [3.63, 3.8) is 0 Å². The maximum atomic E-state index is 10.9. The molecule has 16 heavy (non-hydrogen) atoms. The quantitative estimate of drug-likeness (QED) is 0.886. The van der Waals surface area contributed by atoms with E-state index in [1.165, 1.54) is 26.4 Å². The lowest BCUT2D eigenvalue weighted by atomic mass is 10.2. The van der Waals surface area contributed by atoms with Crippen molar-refractivity contribution in [1.29, 1.82) is 0 Å². The summed E-state index contributed by atoms with van der Waals surface area (Å²) in [4.78, 5) is 0. The van der Waals surface area contributed by atoms with Crippen molar-refractivity contribution >= 4 is 21.6 Å². The van der Waals surface area contributed by atoms with Gasteiger partial charge in [0, 0.05) is 0 Å². The molecule has 90 valence electrons. The van der Waals surface area contributed by atoms with Crippen LogP contribution in [0.3, 0.4) is 0 Å². The normalized spacial score (nSPS) is 11.2. The number of ether oxygens (including phenoxy) is 2. The monoisotopic (exact) mass is 265 g/mol. The van der Waals surface area contributed by atoms with E-state index in [0.717, 1.165) is 0 Å². The molecule has 0 saturated carbocycles. The largest absolute Gasteiger partial charge is 0.493 e. The minimum absolute atomic E-state index is 0.278. The topological polar surface area (TPSA) is 78.6 Å². The summed E-state index contributed by atoms with van der Waals surface area (Å²) in [6, 6.07) is 3.00. The van der Waals surface area contributed by atoms with Crippen molar-refractivity contribution in [2.75, 3.05) is 14.2 Å². The lowest BCUT2D eigenvalue weighted by Gasteiger charge is -2.11. The summed E-state index contributed by atoms with van der Waals surface area (Å²) in [5.74, 6) is 0.434. The summed E-state index contributed by atoms with van der Waals surface area (Å²) in [5, 5.41) is 5.21. The minimum Gasteiger partial charge on any atom is -0.493 e. The highest BCUT2D eigenvalue weighted by Crippen LogP contribution is 2.36. The maximum absolute atomic E-state index is 10.9. The zero-order valence-electron chi connectivity index (χ0n) is 8.86. The van der Waals surface area contributed by atoms with Crippen molar-refractivity contribution in [2.24, 2.45) is 5.14 Å². The lowest BCUT2D eigenvalue weighted by molar-refractivity contribution is 0.355. The summed E-state index contributed by atoms with van der Waals surface area (Å²) in [6.45, 7) is 0. The van der Waals surface area contributed by atoms with Crippen LogP contribution in [0.15, 0.2) is 12.1 Å². The van der Waals surface area contributed by atoms with E-state index in [1.807, 2.05) is 0 Å². The number of hydrogen-bond donors (Lipinski definition) is 1. The summed E-state index contributed by atoms with van der Waals surface area (Å²) < 4.78 is 31.9. The van der Waals surface area contributed by atoms with E-state index >= 15 is 0 Å². The summed E-state index contributed by atoms with van der Waals surface area (Å²) in [7, 11) is -0.707. The summed E-state index contributed by atoms with van der Waals surface area (Å²) >= 11 is 5.90. The van der Waals surface area contributed by atoms with Crippen LogP contribution in [-0.4, -0.2) is 22.6 Å². The molecule has 1 aromatic carbocycles. The number of sulfonamides is 1. The molecular formula is C9H12ClNO4S. The second kappa shape index (κ2) is 4.90. The molecule has 0 fully saturated rings. The van der Waals surface area contributed by atoms with E-state index < -0.39 is 10.0 Å². The Bertz CT molecular complexity index is 487. The van der Waals surface area contributed by atoms with Gasteiger partial charge < -0.3 is 9.47 Å². The van der Waals surface area contributed by atoms with Crippen LogP contribution in [0.25, 0.3) is 0 Å². The molecule has 1 rings (SSSR count). The molecule has 0 spiro atoms. The Hall–Kier alpha value is -0.980. The molecule has 0 amide bonds. The number of methoxy groups -OCH3 is 2. The fourth-order valence-electron chi connectivity index (χ4n) is 1.29. The van der Waals surface area contributed by atoms with Gasteiger partial charge in [0.2, 0.25) is 10.0 Å². The number of benzene rings is 1. The van der Waals surface area contributed by atoms with E-state index in [0.29, 0.717) is 17.1 Å². The highest BCUT2D eigenvalue weighted by Gasteiger charge is 2.13. The Morgan fingerprint density at radius 2 is 1.94 bits per heavy atom. The second-order valence-electron chi connectivity index (χ2n) is 3.12. The molecule has 5 nitrogen and oxygen atoms in total. The summed E-state index contributed by atoms with van der Waals surface area (Å²) in [6.07, 6.45) is 0. The first-order chi connectivity index (χ1) is 7.37. The van der Waals surface area contributed by atoms with Crippen LogP contribution < -0.4 is 14.6 Å². The van der Waals surface area contributed by atoms with Gasteiger partial charge in [-0.25, -0.2) is 13.6 Å². The Morgan fingerprint density at radius 1 is 1.31 bits per heavy atom. The third-order valence-electron chi connectivity index (χ3n) is 1.86. The number of primary sulfonamides is 1. The standard InChI is InChI=1S/C9H12ClNO4S/c1-14-8-4-6(5-16(11,12)13)3-7(10)9(8)15-2/h3-4H,5H2,1-2H3,(H2,11,12,13). The van der Waals surface area contributed by atoms with Gasteiger partial charge in [-0.1, -0.05) is 11.6 Å². The van der Waals surface area contributed by atoms with Gasteiger partial charge in [-0.2, -0.15) is 0 Å². The molecule has 0 aliphatic carbocycles. The molecule has 0 unspecified atom stereocenters. The van der Waals surface area contributed by atoms with Gasteiger partial charge in [0.25, 0.3) is 0 Å². The Kier molecular flexibility index (Phi) is 4.01. The van der Waals surface area contributed by atoms with E-state index in [-0.39, 0.29) is 10.8 Å². The van der Waals surface area contributed by atoms with Gasteiger partial charge >= 0.3 is 0 Å². The van der Waals surface area contributed by atoms with E-state index in [4.69, 9.17) is 26.2 Å². The van der Waals surface area contributed by atoms with Crippen LogP contribution in [0, 0.1) is 0 Å². The van der Waals surface area contributed by atoms with Crippen LogP contribution in [0.2, 0.25) is 5.02 Å². The zero-order chi connectivity index (χ0) is 12.3. The molecule has 2 N–H and O–H groups in total. The van der Waals surface area contributed by atoms with Crippen LogP contribution in [0.4, 0.5) is 0 Å². The Labute approximate surface area is 99.2 Å². The average molecular weight is 266 g/mol. The van der Waals surface area contributed by atoms with Crippen LogP contribution in [-0.2, 0) is 15.8 Å². The molecule has 0 saturated heterocycles. The third-order valence-corrected chi connectivity index (χ3v) is 2.88. The molecular weight excluding hydrogens is 254 g/mol. The third kappa shape index (κ3) is 3.26. The molecule has 0 atom stereocenters. The second-order valence-corrected chi connectivity index (χ2v) is 5.14. The van der Waals surface area contributed by atoms with E-state index in [1.54, 1.807) is 0 Å². The average Bonchev–Trinajstić information content (AvgIpc) is 2.14. The van der Waals surface area contributed by atoms with Gasteiger partial charge in [-0.05, 0) is 17.7 Å². The smallest absolute Gasteiger partial charge is 0.213 e. The lowest BCUT2D eigenvalue weighted by Crippen LogP contribution is -2.14. The SMILES string of the molecule is COc1cc(CS(N)(=O)=O)cc(Cl)c1OC. The van der Waals surface area contributed by atoms with Crippen LogP contribution >= 0.6 is 11.6 Å². The number of rotatable bonds is 4. The fraction of sp³-hybridized carbons (Fsp3) is 0.333. The first-order valence-corrected chi connectivity index (χ1v) is 6.37. The molecule has 1 aromatic rings. The molecule has 0 aliphatic rings. The number of nitrogens with two attached hydrogens (primary N) is 1. The van der Waals surface area contributed by atoms with Gasteiger partial charge in [-0.15, -0.1) is 0 Å². The van der Waals surface area contributed by atoms with Crippen LogP contribution in [0.1, 0.15) is 5.56 Å². The van der Waals surface area contributed by atoms with Gasteiger partial charge in [-0.3, -0.25) is 0 Å². The van der Waals surface area contributed by atoms with Gasteiger partial charge in [0.1, 0.15) is 0 Å². The van der Waals surface area contributed by atoms with Gasteiger partial charge in [0.05, 0.1) is 25.0 Å². The molecule has 0 bridgehead atoms. The maximum Gasteiger partial charge on any atom is 0.213 e. The van der Waals surface area contributed by atoms with E-state index in [2.05, 4.69) is 0 Å². The van der Waals surface area contributed by atoms with Crippen molar-refractivity contribution in [1.82, 2.24) is 0 Å². The molecule has 0 radical (unpaired) electrons. The number of hydrogen-bond acceptors (Lipinski definition) is 4. The van der Waals surface area contributed by atoms with Crippen molar-refractivity contribution in [3.05, 3.63) is 22.7 Å². The first-order valence-electron chi connectivity index (χ1n) is 4.28. The molecule has 0 heterocycles. The minimum atomic E-state index is -3.59. The summed E-state index contributed by atoms with van der Waals surface area (Å²) in [5.41, 5.74) is 0.449. The van der Waals surface area contributed by atoms with Gasteiger partial charge in [0.15, 0.2) is 11.5 Å². The predicted octanol–water partition coefficient (Wildman–Crippen LogP) is 1.15. The Balaban J connectivity index is 3.20. The zero-order valence-corrected chi connectivity index (χ0v) is 10.4. The fourth-order valence-corrected chi connectivity index (χ4v) is 2.23. The van der Waals surface area contributed by atoms with Crippen molar-refractivity contribution in [3.8, 4) is 11.5 Å². The highest BCUT2D eigenvalue weighted by molar-refractivity contribution is 7.88. The first kappa shape index (κ1) is 13.1. The Morgan fingerprint density at radius 3 is 2.38 bits per heavy atom. The number of halogens is 1. The predicted molar refractivity (Wildman–Crippen MR) is 61.4 cm³/mol.